The van der Waals surface area contributed by atoms with Crippen LogP contribution in [-0.2, 0) is 10.0 Å². The van der Waals surface area contributed by atoms with Crippen LogP contribution in [0.3, 0.4) is 0 Å². The van der Waals surface area contributed by atoms with Crippen molar-refractivity contribution in [2.24, 2.45) is 5.92 Å². The molecule has 1 aromatic carbocycles. The summed E-state index contributed by atoms with van der Waals surface area (Å²) < 4.78 is 40.0. The Morgan fingerprint density at radius 1 is 1.32 bits per heavy atom. The molecule has 0 bridgehead atoms. The highest BCUT2D eigenvalue weighted by molar-refractivity contribution is 7.89. The molecule has 1 aliphatic heterocycles. The van der Waals surface area contributed by atoms with Crippen LogP contribution in [0.4, 0.5) is 10.1 Å². The summed E-state index contributed by atoms with van der Waals surface area (Å²) in [5.41, 5.74) is 5.67. The molecule has 2 rings (SSSR count). The van der Waals surface area contributed by atoms with Gasteiger partial charge in [0.25, 0.3) is 0 Å². The van der Waals surface area contributed by atoms with E-state index in [1.54, 1.807) is 0 Å². The number of nitrogen functional groups attached to an aromatic ring is 1. The smallest absolute Gasteiger partial charge is 0.245 e. The minimum atomic E-state index is -3.75. The lowest BCUT2D eigenvalue weighted by atomic mass is 10.0. The molecule has 0 spiro atoms. The Morgan fingerprint density at radius 2 is 2.05 bits per heavy atom. The van der Waals surface area contributed by atoms with Crippen molar-refractivity contribution in [2.45, 2.75) is 31.1 Å². The molecule has 1 heterocycles. The number of sulfonamides is 1. The second-order valence-electron chi connectivity index (χ2n) is 5.13. The molecule has 0 radical (unpaired) electrons. The summed E-state index contributed by atoms with van der Waals surface area (Å²) >= 11 is 0. The lowest BCUT2D eigenvalue weighted by Gasteiger charge is -2.20. The van der Waals surface area contributed by atoms with Crippen molar-refractivity contribution in [1.82, 2.24) is 4.31 Å². The maximum atomic E-state index is 13.8. The van der Waals surface area contributed by atoms with E-state index in [-0.39, 0.29) is 10.6 Å². The zero-order chi connectivity index (χ0) is 14.0. The standard InChI is InChI=1S/C13H19FN2O2S/c1-10-3-2-7-16(8-6-10)19(17,18)13-5-4-11(15)9-12(13)14/h4-5,9-10H,2-3,6-8,15H2,1H3. The van der Waals surface area contributed by atoms with Crippen molar-refractivity contribution < 1.29 is 12.8 Å². The molecule has 1 aromatic rings. The second-order valence-corrected chi connectivity index (χ2v) is 7.04. The number of benzene rings is 1. The van der Waals surface area contributed by atoms with E-state index >= 15 is 0 Å². The molecular weight excluding hydrogens is 267 g/mol. The van der Waals surface area contributed by atoms with E-state index < -0.39 is 15.8 Å². The van der Waals surface area contributed by atoms with Crippen molar-refractivity contribution in [3.8, 4) is 0 Å². The molecule has 6 heteroatoms. The molecule has 2 N–H and O–H groups in total. The predicted molar refractivity (Wildman–Crippen MR) is 72.6 cm³/mol. The molecule has 19 heavy (non-hydrogen) atoms. The van der Waals surface area contributed by atoms with Gasteiger partial charge in [0.2, 0.25) is 10.0 Å². The zero-order valence-corrected chi connectivity index (χ0v) is 11.8. The van der Waals surface area contributed by atoms with Gasteiger partial charge in [-0.15, -0.1) is 0 Å². The minimum Gasteiger partial charge on any atom is -0.399 e. The number of nitrogens with zero attached hydrogens (tertiary/aromatic N) is 1. The summed E-state index contributed by atoms with van der Waals surface area (Å²) in [4.78, 5) is -0.281. The van der Waals surface area contributed by atoms with Crippen LogP contribution in [0.25, 0.3) is 0 Å². The highest BCUT2D eigenvalue weighted by Crippen LogP contribution is 2.25. The van der Waals surface area contributed by atoms with E-state index in [0.717, 1.165) is 25.3 Å². The summed E-state index contributed by atoms with van der Waals surface area (Å²) in [5, 5.41) is 0. The fourth-order valence-electron chi connectivity index (χ4n) is 2.34. The number of nitrogens with two attached hydrogens (primary N) is 1. The van der Waals surface area contributed by atoms with E-state index in [0.29, 0.717) is 19.0 Å². The quantitative estimate of drug-likeness (QED) is 0.848. The lowest BCUT2D eigenvalue weighted by molar-refractivity contribution is 0.413. The normalized spacial score (nSPS) is 22.1. The molecule has 0 aliphatic carbocycles. The van der Waals surface area contributed by atoms with Crippen LogP contribution in [-0.4, -0.2) is 25.8 Å². The summed E-state index contributed by atoms with van der Waals surface area (Å²) in [6, 6.07) is 3.71. The van der Waals surface area contributed by atoms with Gasteiger partial charge in [-0.05, 0) is 43.4 Å². The molecule has 0 saturated carbocycles. The van der Waals surface area contributed by atoms with Crippen molar-refractivity contribution in [2.75, 3.05) is 18.8 Å². The zero-order valence-electron chi connectivity index (χ0n) is 11.0. The highest BCUT2D eigenvalue weighted by Gasteiger charge is 2.28. The van der Waals surface area contributed by atoms with Crippen LogP contribution >= 0.6 is 0 Å². The summed E-state index contributed by atoms with van der Waals surface area (Å²) in [6.45, 7) is 3.02. The van der Waals surface area contributed by atoms with Crippen LogP contribution in [0.1, 0.15) is 26.2 Å². The van der Waals surface area contributed by atoms with Crippen molar-refractivity contribution in [3.63, 3.8) is 0 Å². The maximum Gasteiger partial charge on any atom is 0.245 e. The third kappa shape index (κ3) is 3.06. The maximum absolute atomic E-state index is 13.8. The van der Waals surface area contributed by atoms with Crippen LogP contribution in [0.2, 0.25) is 0 Å². The summed E-state index contributed by atoms with van der Waals surface area (Å²) in [7, 11) is -3.75. The topological polar surface area (TPSA) is 63.4 Å². The Bertz CT molecular complexity index is 560. The Kier molecular flexibility index (Phi) is 4.10. The molecule has 1 saturated heterocycles. The largest absolute Gasteiger partial charge is 0.399 e. The number of rotatable bonds is 2. The van der Waals surface area contributed by atoms with E-state index in [9.17, 15) is 12.8 Å². The van der Waals surface area contributed by atoms with Crippen LogP contribution in [0.15, 0.2) is 23.1 Å². The van der Waals surface area contributed by atoms with E-state index in [1.807, 2.05) is 0 Å². The van der Waals surface area contributed by atoms with Crippen molar-refractivity contribution in [1.29, 1.82) is 0 Å². The second kappa shape index (κ2) is 5.46. The van der Waals surface area contributed by atoms with E-state index in [2.05, 4.69) is 6.92 Å². The Morgan fingerprint density at radius 3 is 2.74 bits per heavy atom. The first-order chi connectivity index (χ1) is 8.91. The molecule has 1 atom stereocenters. The van der Waals surface area contributed by atoms with Crippen LogP contribution in [0, 0.1) is 11.7 Å². The van der Waals surface area contributed by atoms with Gasteiger partial charge in [-0.3, -0.25) is 0 Å². The average molecular weight is 286 g/mol. The van der Waals surface area contributed by atoms with Crippen LogP contribution < -0.4 is 5.73 Å². The molecule has 0 amide bonds. The number of hydrogen-bond donors (Lipinski definition) is 1. The monoisotopic (exact) mass is 286 g/mol. The molecule has 106 valence electrons. The van der Waals surface area contributed by atoms with Gasteiger partial charge in [-0.2, -0.15) is 4.31 Å². The fraction of sp³-hybridized carbons (Fsp3) is 0.538. The minimum absolute atomic E-state index is 0.223. The molecular formula is C13H19FN2O2S. The third-order valence-electron chi connectivity index (χ3n) is 3.55. The van der Waals surface area contributed by atoms with Crippen LogP contribution in [0.5, 0.6) is 0 Å². The van der Waals surface area contributed by atoms with Crippen molar-refractivity contribution >= 4 is 15.7 Å². The molecule has 0 aromatic heterocycles. The van der Waals surface area contributed by atoms with Gasteiger partial charge in [0.05, 0.1) is 0 Å². The van der Waals surface area contributed by atoms with Crippen molar-refractivity contribution in [3.05, 3.63) is 24.0 Å². The first kappa shape index (κ1) is 14.3. The lowest BCUT2D eigenvalue weighted by Crippen LogP contribution is -2.32. The van der Waals surface area contributed by atoms with Gasteiger partial charge >= 0.3 is 0 Å². The Balaban J connectivity index is 2.31. The van der Waals surface area contributed by atoms with Gasteiger partial charge in [-0.1, -0.05) is 6.92 Å². The SMILES string of the molecule is CC1CCCN(S(=O)(=O)c2ccc(N)cc2F)CC1. The fourth-order valence-corrected chi connectivity index (χ4v) is 3.88. The number of halogens is 1. The summed E-state index contributed by atoms with van der Waals surface area (Å²) in [5.74, 6) is -0.270. The number of hydrogen-bond acceptors (Lipinski definition) is 3. The number of anilines is 1. The molecule has 1 aliphatic rings. The van der Waals surface area contributed by atoms with E-state index in [4.69, 9.17) is 5.73 Å². The first-order valence-electron chi connectivity index (χ1n) is 6.46. The average Bonchev–Trinajstić information content (AvgIpc) is 2.53. The summed E-state index contributed by atoms with van der Waals surface area (Å²) in [6.07, 6.45) is 2.64. The molecule has 4 nitrogen and oxygen atoms in total. The predicted octanol–water partition coefficient (Wildman–Crippen LogP) is 2.22. The van der Waals surface area contributed by atoms with Gasteiger partial charge in [0.15, 0.2) is 0 Å². The van der Waals surface area contributed by atoms with Gasteiger partial charge in [-0.25, -0.2) is 12.8 Å². The van der Waals surface area contributed by atoms with Gasteiger partial charge in [0.1, 0.15) is 10.7 Å². The Labute approximate surface area is 113 Å². The Hall–Kier alpha value is -1.14. The van der Waals surface area contributed by atoms with E-state index in [1.165, 1.54) is 16.4 Å². The third-order valence-corrected chi connectivity index (χ3v) is 5.48. The molecule has 1 unspecified atom stereocenters. The highest BCUT2D eigenvalue weighted by atomic mass is 32.2. The molecule has 1 fully saturated rings. The first-order valence-corrected chi connectivity index (χ1v) is 7.90. The van der Waals surface area contributed by atoms with Gasteiger partial charge in [0, 0.05) is 18.8 Å². The van der Waals surface area contributed by atoms with Gasteiger partial charge < -0.3 is 5.73 Å².